The van der Waals surface area contributed by atoms with Gasteiger partial charge in [0.1, 0.15) is 6.54 Å². The van der Waals surface area contributed by atoms with Crippen LogP contribution in [-0.2, 0) is 4.79 Å². The number of carbonyl (C=O) groups excluding carboxylic acids is 1. The number of nitrogens with zero attached hydrogens (tertiary/aromatic N) is 1. The van der Waals surface area contributed by atoms with E-state index in [-0.39, 0.29) is 5.91 Å². The number of amides is 1. The molecule has 0 aliphatic heterocycles. The smallest absolute Gasteiger partial charge is 0.258 e. The summed E-state index contributed by atoms with van der Waals surface area (Å²) in [7, 11) is 0. The zero-order valence-corrected chi connectivity index (χ0v) is 7.76. The molecule has 0 N–H and O–H groups in total. The van der Waals surface area contributed by atoms with E-state index in [4.69, 9.17) is 0 Å². The summed E-state index contributed by atoms with van der Waals surface area (Å²) in [5.74, 6) is 0.231. The lowest BCUT2D eigenvalue weighted by molar-refractivity contribution is -0.844. The molecule has 0 aliphatic carbocycles. The van der Waals surface area contributed by atoms with Crippen molar-refractivity contribution in [2.24, 2.45) is 0 Å². The fraction of sp³-hybridized carbons (Fsp3) is 0.667. The van der Waals surface area contributed by atoms with Gasteiger partial charge in [-0.1, -0.05) is 6.58 Å². The highest BCUT2D eigenvalue weighted by Crippen LogP contribution is 2.06. The topological polar surface area (TPSA) is 17.1 Å². The van der Waals surface area contributed by atoms with Crippen LogP contribution in [-0.4, -0.2) is 30.0 Å². The second-order valence-corrected chi connectivity index (χ2v) is 2.77. The summed E-state index contributed by atoms with van der Waals surface area (Å²) in [6.45, 7) is 11.8. The van der Waals surface area contributed by atoms with E-state index in [0.717, 1.165) is 19.6 Å². The van der Waals surface area contributed by atoms with Gasteiger partial charge in [-0.2, -0.15) is 0 Å². The lowest BCUT2D eigenvalue weighted by Gasteiger charge is -2.31. The van der Waals surface area contributed by atoms with Crippen molar-refractivity contribution in [1.82, 2.24) is 0 Å². The summed E-state index contributed by atoms with van der Waals surface area (Å²) in [4.78, 5) is 11.2. The molecule has 2 nitrogen and oxygen atoms in total. The van der Waals surface area contributed by atoms with Crippen molar-refractivity contribution in [1.29, 1.82) is 0 Å². The van der Waals surface area contributed by atoms with Crippen molar-refractivity contribution in [2.45, 2.75) is 20.8 Å². The maximum Gasteiger partial charge on any atom is 0.310 e. The molecular weight excluding hydrogens is 138 g/mol. The molecule has 0 bridgehead atoms. The molecule has 0 atom stereocenters. The number of hydrogen-bond acceptors (Lipinski definition) is 1. The van der Waals surface area contributed by atoms with Crippen LogP contribution in [0.15, 0.2) is 12.7 Å². The van der Waals surface area contributed by atoms with Crippen molar-refractivity contribution >= 4 is 5.91 Å². The molecule has 0 saturated heterocycles. The molecule has 11 heavy (non-hydrogen) atoms. The van der Waals surface area contributed by atoms with Crippen LogP contribution in [0.25, 0.3) is 0 Å². The van der Waals surface area contributed by atoms with E-state index in [2.05, 4.69) is 6.58 Å². The first kappa shape index (κ1) is 10.4. The molecule has 64 valence electrons. The average Bonchev–Trinajstić information content (AvgIpc) is 2.00. The van der Waals surface area contributed by atoms with Gasteiger partial charge < -0.3 is 0 Å². The highest BCUT2D eigenvalue weighted by Gasteiger charge is 2.27. The van der Waals surface area contributed by atoms with Crippen molar-refractivity contribution in [2.75, 3.05) is 19.6 Å². The molecule has 0 aromatic heterocycles. The molecule has 0 rings (SSSR count). The predicted molar refractivity (Wildman–Crippen MR) is 47.1 cm³/mol. The number of hydrogen-bond donors (Lipinski definition) is 0. The number of likely N-dealkylation sites (N-methyl/N-ethyl adjacent to an activating group) is 1. The number of quaternary nitrogens is 1. The van der Waals surface area contributed by atoms with Gasteiger partial charge in [0.2, 0.25) is 0 Å². The monoisotopic (exact) mass is 156 g/mol. The Morgan fingerprint density at radius 3 is 2.00 bits per heavy atom. The van der Waals surface area contributed by atoms with Gasteiger partial charge in [0.25, 0.3) is 0 Å². The minimum Gasteiger partial charge on any atom is -0.258 e. The lowest BCUT2D eigenvalue weighted by Crippen LogP contribution is -2.51. The minimum atomic E-state index is 0.231. The van der Waals surface area contributed by atoms with Crippen molar-refractivity contribution in [3.05, 3.63) is 12.7 Å². The van der Waals surface area contributed by atoms with E-state index in [1.54, 1.807) is 6.92 Å². The van der Waals surface area contributed by atoms with Crippen molar-refractivity contribution in [3.8, 4) is 0 Å². The highest BCUT2D eigenvalue weighted by atomic mass is 16.2. The Balaban J connectivity index is 4.45. The Labute approximate surface area is 69.1 Å². The normalized spacial score (nSPS) is 11.2. The highest BCUT2D eigenvalue weighted by molar-refractivity contribution is 5.65. The van der Waals surface area contributed by atoms with Crippen LogP contribution < -0.4 is 0 Å². The number of rotatable bonds is 4. The van der Waals surface area contributed by atoms with Crippen molar-refractivity contribution in [3.63, 3.8) is 0 Å². The Morgan fingerprint density at radius 1 is 1.45 bits per heavy atom. The fourth-order valence-corrected chi connectivity index (χ4v) is 1.30. The molecule has 0 aliphatic rings. The number of carbonyl (C=O) groups is 1. The van der Waals surface area contributed by atoms with E-state index in [1.165, 1.54) is 0 Å². The Kier molecular flexibility index (Phi) is 4.04. The average molecular weight is 156 g/mol. The van der Waals surface area contributed by atoms with Gasteiger partial charge in [-0.15, -0.1) is 0 Å². The van der Waals surface area contributed by atoms with Gasteiger partial charge in [0.05, 0.1) is 20.0 Å². The maximum absolute atomic E-state index is 11.2. The summed E-state index contributed by atoms with van der Waals surface area (Å²) < 4.78 is 0.531. The Hall–Kier alpha value is -0.630. The van der Waals surface area contributed by atoms with Crippen LogP contribution in [0.2, 0.25) is 0 Å². The molecule has 0 unspecified atom stereocenters. The molecule has 1 amide bonds. The summed E-state index contributed by atoms with van der Waals surface area (Å²) in [6, 6.07) is 0. The molecule has 0 saturated carbocycles. The quantitative estimate of drug-likeness (QED) is 0.446. The largest absolute Gasteiger partial charge is 0.310 e. The van der Waals surface area contributed by atoms with E-state index >= 15 is 0 Å². The molecule has 0 aromatic carbocycles. The van der Waals surface area contributed by atoms with Gasteiger partial charge in [-0.25, -0.2) is 4.79 Å². The van der Waals surface area contributed by atoms with Gasteiger partial charge in [-0.3, -0.25) is 4.48 Å². The maximum atomic E-state index is 11.2. The summed E-state index contributed by atoms with van der Waals surface area (Å²) in [6.07, 6.45) is 1.81. The molecule has 0 spiro atoms. The first-order valence-electron chi connectivity index (χ1n) is 4.11. The van der Waals surface area contributed by atoms with Crippen LogP contribution in [0.3, 0.4) is 0 Å². The van der Waals surface area contributed by atoms with E-state index in [1.807, 2.05) is 19.9 Å². The first-order chi connectivity index (χ1) is 5.13. The summed E-state index contributed by atoms with van der Waals surface area (Å²) in [5.41, 5.74) is 0. The van der Waals surface area contributed by atoms with Gasteiger partial charge in [0, 0.05) is 0 Å². The van der Waals surface area contributed by atoms with E-state index in [0.29, 0.717) is 4.48 Å². The molecule has 0 fully saturated rings. The van der Waals surface area contributed by atoms with E-state index < -0.39 is 0 Å². The minimum absolute atomic E-state index is 0.231. The summed E-state index contributed by atoms with van der Waals surface area (Å²) in [5, 5.41) is 0. The van der Waals surface area contributed by atoms with Crippen molar-refractivity contribution < 1.29 is 9.28 Å². The third-order valence-corrected chi connectivity index (χ3v) is 2.36. The standard InChI is InChI=1S/C9H18NO/c1-5-8-10(6-2,7-3)9(4)11/h5H,1,6-8H2,2-4H3/q+1. The SMILES string of the molecule is C=CC[N+](CC)(CC)C(C)=O. The van der Waals surface area contributed by atoms with Crippen LogP contribution in [0.5, 0.6) is 0 Å². The van der Waals surface area contributed by atoms with E-state index in [9.17, 15) is 4.79 Å². The first-order valence-corrected chi connectivity index (χ1v) is 4.11. The second-order valence-electron chi connectivity index (χ2n) is 2.77. The Bertz CT molecular complexity index is 148. The zero-order valence-electron chi connectivity index (χ0n) is 7.76. The third kappa shape index (κ3) is 2.15. The molecule has 0 radical (unpaired) electrons. The molecule has 0 heterocycles. The molecule has 0 aromatic rings. The lowest BCUT2D eigenvalue weighted by atomic mass is 10.3. The Morgan fingerprint density at radius 2 is 1.91 bits per heavy atom. The predicted octanol–water partition coefficient (Wildman–Crippen LogP) is 1.58. The fourth-order valence-electron chi connectivity index (χ4n) is 1.30. The van der Waals surface area contributed by atoms with Gasteiger partial charge in [0.15, 0.2) is 0 Å². The van der Waals surface area contributed by atoms with Crippen LogP contribution in [0.4, 0.5) is 0 Å². The molecule has 2 heteroatoms. The third-order valence-electron chi connectivity index (χ3n) is 2.36. The second kappa shape index (κ2) is 4.29. The summed E-state index contributed by atoms with van der Waals surface area (Å²) >= 11 is 0. The van der Waals surface area contributed by atoms with Gasteiger partial charge in [-0.05, 0) is 19.9 Å². The van der Waals surface area contributed by atoms with Gasteiger partial charge >= 0.3 is 5.91 Å². The molecular formula is C9H18NO+. The van der Waals surface area contributed by atoms with Crippen LogP contribution >= 0.6 is 0 Å². The zero-order chi connectivity index (χ0) is 8.91. The van der Waals surface area contributed by atoms with Crippen LogP contribution in [0.1, 0.15) is 20.8 Å². The van der Waals surface area contributed by atoms with Crippen LogP contribution in [0, 0.1) is 0 Å².